The predicted molar refractivity (Wildman–Crippen MR) is 101 cm³/mol. The fourth-order valence-electron chi connectivity index (χ4n) is 2.67. The van der Waals surface area contributed by atoms with Crippen molar-refractivity contribution < 1.29 is 4.70 Å². The molecule has 25 heavy (non-hydrogen) atoms. The Hall–Kier alpha value is -2.21. The first kappa shape index (κ1) is 19.1. The van der Waals surface area contributed by atoms with E-state index >= 15 is 0 Å². The molecule has 2 aromatic heterocycles. The van der Waals surface area contributed by atoms with Crippen LogP contribution in [0.2, 0.25) is 0 Å². The third-order valence-electron chi connectivity index (χ3n) is 3.90. The minimum absolute atomic E-state index is 0.729. The van der Waals surface area contributed by atoms with Gasteiger partial charge in [0.1, 0.15) is 0 Å². The molecule has 0 saturated carbocycles. The van der Waals surface area contributed by atoms with Crippen LogP contribution in [-0.4, -0.2) is 41.2 Å². The van der Waals surface area contributed by atoms with Gasteiger partial charge in [0, 0.05) is 12.4 Å². The Morgan fingerprint density at radius 2 is 1.56 bits per heavy atom. The second-order valence-electron chi connectivity index (χ2n) is 5.96. The number of unbranched alkanes of at least 4 members (excludes halogenated alkanes) is 3. The molecule has 0 aliphatic rings. The topological polar surface area (TPSA) is 58.5 Å². The summed E-state index contributed by atoms with van der Waals surface area (Å²) < 4.78 is 10.2. The monoisotopic (exact) mass is 336 g/mol. The van der Waals surface area contributed by atoms with Gasteiger partial charge >= 0.3 is 113 Å². The van der Waals surface area contributed by atoms with Crippen LogP contribution < -0.4 is 0 Å². The van der Waals surface area contributed by atoms with E-state index in [-0.39, 0.29) is 0 Å². The van der Waals surface area contributed by atoms with Crippen molar-refractivity contribution in [2.75, 3.05) is 13.1 Å². The quantitative estimate of drug-likeness (QED) is 0.339. The van der Waals surface area contributed by atoms with Gasteiger partial charge in [0.2, 0.25) is 0 Å². The maximum absolute atomic E-state index is 10.2. The average molecular weight is 336 g/mol. The average Bonchev–Trinajstić information content (AvgIpc) is 2.65. The number of aromatic nitrogens is 2. The standard InChI is InChI=1S/C19H25BN4O/c25-20-17-21-11-5-1-2-8-14-24(15-18-9-3-6-12-22-18)16-19-10-4-7-13-23-19/h3-4,6-7,9-10,12-13,17H,1-2,5,8,11,14-16H2/b21-17+. The number of aliphatic imine (C=N–C) groups is 1. The number of nitrogens with zero attached hydrogens (tertiary/aromatic N) is 4. The van der Waals surface area contributed by atoms with Gasteiger partial charge in [0.05, 0.1) is 0 Å². The molecule has 0 atom stereocenters. The Labute approximate surface area is 150 Å². The Morgan fingerprint density at radius 3 is 2.12 bits per heavy atom. The maximum atomic E-state index is 10.2. The van der Waals surface area contributed by atoms with Crippen molar-refractivity contribution in [3.8, 4) is 0 Å². The fourth-order valence-corrected chi connectivity index (χ4v) is 2.67. The third-order valence-corrected chi connectivity index (χ3v) is 3.90. The molecule has 0 N–H and O–H groups in total. The van der Waals surface area contributed by atoms with E-state index in [1.54, 1.807) is 0 Å². The van der Waals surface area contributed by atoms with E-state index in [2.05, 4.69) is 32.0 Å². The van der Waals surface area contributed by atoms with Crippen LogP contribution in [0.25, 0.3) is 0 Å². The molecule has 2 heterocycles. The summed E-state index contributed by atoms with van der Waals surface area (Å²) in [4.78, 5) is 15.3. The summed E-state index contributed by atoms with van der Waals surface area (Å²) in [6.45, 7) is 3.43. The molecular weight excluding hydrogens is 311 g/mol. The van der Waals surface area contributed by atoms with Gasteiger partial charge in [-0.1, -0.05) is 12.1 Å². The summed E-state index contributed by atoms with van der Waals surface area (Å²) in [5.41, 5.74) is 2.17. The molecule has 0 unspecified atom stereocenters. The number of hydrogen-bond donors (Lipinski definition) is 0. The molecule has 0 saturated heterocycles. The van der Waals surface area contributed by atoms with E-state index in [0.29, 0.717) is 0 Å². The molecule has 0 spiro atoms. The molecule has 0 fully saturated rings. The summed E-state index contributed by atoms with van der Waals surface area (Å²) in [6.07, 6.45) is 9.49. The molecule has 5 nitrogen and oxygen atoms in total. The Morgan fingerprint density at radius 1 is 0.920 bits per heavy atom. The van der Waals surface area contributed by atoms with Gasteiger partial charge in [-0.05, 0) is 12.1 Å². The summed E-state index contributed by atoms with van der Waals surface area (Å²) in [5, 5.41) is 0. The molecule has 6 heteroatoms. The van der Waals surface area contributed by atoms with Gasteiger partial charge in [0.15, 0.2) is 0 Å². The molecule has 0 aliphatic carbocycles. The first-order valence-electron chi connectivity index (χ1n) is 8.84. The molecule has 0 radical (unpaired) electrons. The second kappa shape index (κ2) is 12.2. The van der Waals surface area contributed by atoms with Crippen LogP contribution in [0.5, 0.6) is 0 Å². The molecule has 0 aliphatic heterocycles. The molecule has 0 aromatic carbocycles. The molecular formula is C19H25BN4O. The van der Waals surface area contributed by atoms with Crippen molar-refractivity contribution in [1.82, 2.24) is 14.9 Å². The van der Waals surface area contributed by atoms with E-state index in [9.17, 15) is 4.70 Å². The van der Waals surface area contributed by atoms with Gasteiger partial charge < -0.3 is 0 Å². The number of pyridine rings is 2. The van der Waals surface area contributed by atoms with Crippen LogP contribution >= 0.6 is 0 Å². The molecule has 2 rings (SSSR count). The van der Waals surface area contributed by atoms with Crippen molar-refractivity contribution >= 4 is 13.3 Å². The summed E-state index contributed by atoms with van der Waals surface area (Å²) in [6, 6.07) is 12.1. The van der Waals surface area contributed by atoms with Gasteiger partial charge in [-0.2, -0.15) is 0 Å². The zero-order valence-electron chi connectivity index (χ0n) is 14.6. The number of rotatable bonds is 12. The van der Waals surface area contributed by atoms with Crippen molar-refractivity contribution in [2.24, 2.45) is 4.99 Å². The zero-order valence-corrected chi connectivity index (χ0v) is 14.6. The van der Waals surface area contributed by atoms with Crippen LogP contribution in [-0.2, 0) is 17.8 Å². The van der Waals surface area contributed by atoms with Crippen molar-refractivity contribution in [3.05, 3.63) is 60.2 Å². The van der Waals surface area contributed by atoms with Crippen molar-refractivity contribution in [2.45, 2.75) is 38.8 Å². The van der Waals surface area contributed by atoms with Crippen LogP contribution in [0.3, 0.4) is 0 Å². The van der Waals surface area contributed by atoms with E-state index in [1.807, 2.05) is 36.7 Å². The minimum atomic E-state index is 0.729. The van der Waals surface area contributed by atoms with Gasteiger partial charge in [-0.25, -0.2) is 0 Å². The minimum Gasteiger partial charge on any atom is -0.0589 e. The summed E-state index contributed by atoms with van der Waals surface area (Å²) in [5.74, 6) is 0. The van der Waals surface area contributed by atoms with Gasteiger partial charge in [0.25, 0.3) is 0 Å². The van der Waals surface area contributed by atoms with Crippen LogP contribution in [0.4, 0.5) is 0 Å². The van der Waals surface area contributed by atoms with E-state index in [4.69, 9.17) is 0 Å². The van der Waals surface area contributed by atoms with E-state index < -0.39 is 0 Å². The van der Waals surface area contributed by atoms with Crippen molar-refractivity contribution in [3.63, 3.8) is 0 Å². The Kier molecular flexibility index (Phi) is 9.33. The summed E-state index contributed by atoms with van der Waals surface area (Å²) >= 11 is 0. The smallest absolute Gasteiger partial charge is 0.0589 e. The molecule has 2 aromatic rings. The zero-order chi connectivity index (χ0) is 17.6. The Balaban J connectivity index is 1.78. The van der Waals surface area contributed by atoms with E-state index in [0.717, 1.165) is 70.4 Å². The summed E-state index contributed by atoms with van der Waals surface area (Å²) in [7, 11) is 0.729. The third kappa shape index (κ3) is 8.45. The van der Waals surface area contributed by atoms with E-state index in [1.165, 1.54) is 6.11 Å². The van der Waals surface area contributed by atoms with Crippen LogP contribution in [0.15, 0.2) is 53.8 Å². The Bertz CT molecular complexity index is 580. The fraction of sp³-hybridized carbons (Fsp3) is 0.421. The number of hydrogen-bond acceptors (Lipinski definition) is 5. The van der Waals surface area contributed by atoms with Gasteiger partial charge in [-0.3, -0.25) is 0 Å². The van der Waals surface area contributed by atoms with Crippen LogP contribution in [0, 0.1) is 0 Å². The van der Waals surface area contributed by atoms with Crippen LogP contribution in [0.1, 0.15) is 37.1 Å². The molecule has 130 valence electrons. The molecule has 0 amide bonds. The first-order chi connectivity index (χ1) is 12.4. The SMILES string of the molecule is O=B/C=N/CCCCCCN(Cc1ccccn1)Cc1ccccn1. The van der Waals surface area contributed by atoms with Crippen molar-refractivity contribution in [1.29, 1.82) is 0 Å². The molecule has 0 bridgehead atoms. The first-order valence-corrected chi connectivity index (χ1v) is 8.84. The van der Waals surface area contributed by atoms with Gasteiger partial charge in [-0.15, -0.1) is 0 Å². The predicted octanol–water partition coefficient (Wildman–Crippen LogP) is 3.12. The second-order valence-corrected chi connectivity index (χ2v) is 5.96. The normalized spacial score (nSPS) is 11.1.